The molecule has 0 bridgehead atoms. The number of carbonyl (C=O) groups is 3. The molecule has 2 atom stereocenters. The zero-order valence-electron chi connectivity index (χ0n) is 20.6. The minimum absolute atomic E-state index is 0.111. The summed E-state index contributed by atoms with van der Waals surface area (Å²) in [5.74, 6) is 0.319. The molecular weight excluding hydrogens is 484 g/mol. The van der Waals surface area contributed by atoms with E-state index in [1.54, 1.807) is 10.8 Å². The number of benzene rings is 2. The van der Waals surface area contributed by atoms with E-state index in [0.29, 0.717) is 12.2 Å². The monoisotopic (exact) mass is 518 g/mol. The van der Waals surface area contributed by atoms with Crippen LogP contribution in [0.2, 0.25) is 0 Å². The van der Waals surface area contributed by atoms with E-state index in [9.17, 15) is 14.4 Å². The lowest BCUT2D eigenvalue weighted by atomic mass is 10.0. The summed E-state index contributed by atoms with van der Waals surface area (Å²) in [7, 11) is 5.91. The van der Waals surface area contributed by atoms with E-state index in [-0.39, 0.29) is 12.5 Å². The first-order valence-electron chi connectivity index (χ1n) is 11.4. The molecule has 0 aliphatic heterocycles. The number of nitrogens with zero attached hydrogens (tertiary/aromatic N) is 1. The lowest BCUT2D eigenvalue weighted by Crippen LogP contribution is -2.53. The SMILES string of the molecule is COC(=O)[C@H](CSSCc1ccccc1)NC(=O)[C@H](CC(C)C)N(C)C(=O)OCc1ccccc1. The van der Waals surface area contributed by atoms with Crippen molar-refractivity contribution in [1.82, 2.24) is 10.2 Å². The lowest BCUT2D eigenvalue weighted by molar-refractivity contribution is -0.145. The van der Waals surface area contributed by atoms with Gasteiger partial charge in [-0.3, -0.25) is 9.69 Å². The Kier molecular flexibility index (Phi) is 12.6. The van der Waals surface area contributed by atoms with Crippen LogP contribution in [0, 0.1) is 5.92 Å². The Morgan fingerprint density at radius 2 is 1.54 bits per heavy atom. The number of ether oxygens (including phenoxy) is 2. The standard InChI is InChI=1S/C26H34N2O5S2/c1-19(2)15-23(28(3)26(31)33-16-20-11-7-5-8-12-20)24(29)27-22(25(30)32-4)18-35-34-17-21-13-9-6-10-14-21/h5-14,19,22-23H,15-18H2,1-4H3,(H,27,29)/t22-,23-/m0/s1. The molecule has 35 heavy (non-hydrogen) atoms. The summed E-state index contributed by atoms with van der Waals surface area (Å²) >= 11 is 0. The summed E-state index contributed by atoms with van der Waals surface area (Å²) in [4.78, 5) is 39.5. The van der Waals surface area contributed by atoms with Crippen LogP contribution in [-0.4, -0.2) is 54.9 Å². The highest BCUT2D eigenvalue weighted by molar-refractivity contribution is 8.76. The molecule has 0 aromatic heterocycles. The summed E-state index contributed by atoms with van der Waals surface area (Å²) < 4.78 is 10.3. The van der Waals surface area contributed by atoms with Gasteiger partial charge in [-0.05, 0) is 23.5 Å². The van der Waals surface area contributed by atoms with Crippen molar-refractivity contribution >= 4 is 39.6 Å². The van der Waals surface area contributed by atoms with Crippen molar-refractivity contribution < 1.29 is 23.9 Å². The number of nitrogens with one attached hydrogen (secondary N) is 1. The van der Waals surface area contributed by atoms with Crippen molar-refractivity contribution in [3.63, 3.8) is 0 Å². The molecule has 0 fully saturated rings. The predicted molar refractivity (Wildman–Crippen MR) is 142 cm³/mol. The van der Waals surface area contributed by atoms with Crippen LogP contribution in [0.25, 0.3) is 0 Å². The molecule has 0 unspecified atom stereocenters. The van der Waals surface area contributed by atoms with Crippen molar-refractivity contribution in [2.75, 3.05) is 19.9 Å². The zero-order chi connectivity index (χ0) is 25.6. The van der Waals surface area contributed by atoms with E-state index in [1.807, 2.05) is 74.5 Å². The van der Waals surface area contributed by atoms with Crippen LogP contribution in [-0.2, 0) is 31.4 Å². The van der Waals surface area contributed by atoms with Crippen LogP contribution >= 0.6 is 21.6 Å². The topological polar surface area (TPSA) is 84.9 Å². The fourth-order valence-electron chi connectivity index (χ4n) is 3.21. The van der Waals surface area contributed by atoms with Crippen LogP contribution < -0.4 is 5.32 Å². The van der Waals surface area contributed by atoms with Crippen LogP contribution in [0.1, 0.15) is 31.4 Å². The molecule has 190 valence electrons. The quantitative estimate of drug-likeness (QED) is 0.229. The van der Waals surface area contributed by atoms with Crippen LogP contribution in [0.3, 0.4) is 0 Å². The molecule has 0 aliphatic carbocycles. The Labute approximate surface area is 215 Å². The number of carbonyl (C=O) groups excluding carboxylic acids is 3. The highest BCUT2D eigenvalue weighted by Crippen LogP contribution is 2.26. The van der Waals surface area contributed by atoms with E-state index in [4.69, 9.17) is 9.47 Å². The summed E-state index contributed by atoms with van der Waals surface area (Å²) in [5, 5.41) is 2.78. The third kappa shape index (κ3) is 10.2. The van der Waals surface area contributed by atoms with Gasteiger partial charge in [-0.25, -0.2) is 9.59 Å². The first kappa shape index (κ1) is 28.6. The molecule has 2 amide bonds. The molecule has 9 heteroatoms. The number of hydrogen-bond acceptors (Lipinski definition) is 7. The first-order valence-corrected chi connectivity index (χ1v) is 13.9. The van der Waals surface area contributed by atoms with Crippen LogP contribution in [0.4, 0.5) is 4.79 Å². The van der Waals surface area contributed by atoms with Crippen LogP contribution in [0.5, 0.6) is 0 Å². The Morgan fingerprint density at radius 3 is 2.11 bits per heavy atom. The van der Waals surface area contributed by atoms with Gasteiger partial charge < -0.3 is 14.8 Å². The third-order valence-electron chi connectivity index (χ3n) is 5.15. The van der Waals surface area contributed by atoms with E-state index in [2.05, 4.69) is 5.32 Å². The lowest BCUT2D eigenvalue weighted by Gasteiger charge is -2.29. The summed E-state index contributed by atoms with van der Waals surface area (Å²) in [6.45, 7) is 4.05. The fourth-order valence-corrected chi connectivity index (χ4v) is 5.43. The molecule has 0 aliphatic rings. The van der Waals surface area contributed by atoms with Gasteiger partial charge in [0.25, 0.3) is 0 Å². The second-order valence-electron chi connectivity index (χ2n) is 8.41. The van der Waals surface area contributed by atoms with Gasteiger partial charge in [0, 0.05) is 18.6 Å². The predicted octanol–water partition coefficient (Wildman–Crippen LogP) is 4.91. The van der Waals surface area contributed by atoms with Gasteiger partial charge in [0.2, 0.25) is 5.91 Å². The Morgan fingerprint density at radius 1 is 0.943 bits per heavy atom. The Hall–Kier alpha value is -2.65. The van der Waals surface area contributed by atoms with Gasteiger partial charge in [0.15, 0.2) is 0 Å². The van der Waals surface area contributed by atoms with Crippen molar-refractivity contribution in [2.24, 2.45) is 5.92 Å². The maximum Gasteiger partial charge on any atom is 0.410 e. The molecule has 2 aromatic carbocycles. The van der Waals surface area contributed by atoms with Crippen molar-refractivity contribution in [1.29, 1.82) is 0 Å². The third-order valence-corrected chi connectivity index (χ3v) is 7.50. The highest BCUT2D eigenvalue weighted by atomic mass is 33.1. The summed E-state index contributed by atoms with van der Waals surface area (Å²) in [6.07, 6.45) is -0.177. The number of rotatable bonds is 13. The molecule has 0 saturated carbocycles. The number of likely N-dealkylation sites (N-methyl/N-ethyl adjacent to an activating group) is 1. The number of methoxy groups -OCH3 is 1. The molecule has 0 spiro atoms. The number of esters is 1. The van der Waals surface area contributed by atoms with Crippen molar-refractivity contribution in [3.05, 3.63) is 71.8 Å². The maximum atomic E-state index is 13.2. The second kappa shape index (κ2) is 15.4. The number of amides is 2. The molecule has 0 saturated heterocycles. The van der Waals surface area contributed by atoms with Crippen LogP contribution in [0.15, 0.2) is 60.7 Å². The van der Waals surface area contributed by atoms with Gasteiger partial charge in [0.1, 0.15) is 18.7 Å². The van der Waals surface area contributed by atoms with Gasteiger partial charge in [-0.1, -0.05) is 96.1 Å². The van der Waals surface area contributed by atoms with Gasteiger partial charge in [0.05, 0.1) is 7.11 Å². The van der Waals surface area contributed by atoms with E-state index in [0.717, 1.165) is 11.3 Å². The Balaban J connectivity index is 1.97. The van der Waals surface area contributed by atoms with Gasteiger partial charge in [-0.15, -0.1) is 0 Å². The minimum Gasteiger partial charge on any atom is -0.467 e. The smallest absolute Gasteiger partial charge is 0.410 e. The summed E-state index contributed by atoms with van der Waals surface area (Å²) in [6, 6.07) is 17.7. The molecule has 0 heterocycles. The highest BCUT2D eigenvalue weighted by Gasteiger charge is 2.32. The molecule has 0 radical (unpaired) electrons. The van der Waals surface area contributed by atoms with E-state index in [1.165, 1.54) is 35.4 Å². The first-order chi connectivity index (χ1) is 16.8. The normalized spacial score (nSPS) is 12.5. The summed E-state index contributed by atoms with van der Waals surface area (Å²) in [5.41, 5.74) is 2.03. The number of hydrogen-bond donors (Lipinski definition) is 1. The van der Waals surface area contributed by atoms with E-state index < -0.39 is 30.1 Å². The van der Waals surface area contributed by atoms with Crippen molar-refractivity contribution in [2.45, 2.75) is 44.7 Å². The van der Waals surface area contributed by atoms with Gasteiger partial charge in [-0.2, -0.15) is 0 Å². The fraction of sp³-hybridized carbons (Fsp3) is 0.423. The molecule has 7 nitrogen and oxygen atoms in total. The minimum atomic E-state index is -0.829. The zero-order valence-corrected chi connectivity index (χ0v) is 22.3. The largest absolute Gasteiger partial charge is 0.467 e. The van der Waals surface area contributed by atoms with E-state index >= 15 is 0 Å². The maximum absolute atomic E-state index is 13.2. The molecule has 2 rings (SSSR count). The Bertz CT molecular complexity index is 928. The molecule has 1 N–H and O–H groups in total. The molecular formula is C26H34N2O5S2. The van der Waals surface area contributed by atoms with Crippen molar-refractivity contribution in [3.8, 4) is 0 Å². The second-order valence-corrected chi connectivity index (χ2v) is 10.9. The average Bonchev–Trinajstić information content (AvgIpc) is 2.87. The van der Waals surface area contributed by atoms with Gasteiger partial charge >= 0.3 is 12.1 Å². The average molecular weight is 519 g/mol. The molecule has 2 aromatic rings.